The van der Waals surface area contributed by atoms with Crippen LogP contribution >= 0.6 is 0 Å². The highest BCUT2D eigenvalue weighted by atomic mass is 19.4. The summed E-state index contributed by atoms with van der Waals surface area (Å²) in [6, 6.07) is 3.10. The number of carboxylic acid groups (broad SMARTS) is 1. The molecule has 0 amide bonds. The third-order valence-electron chi connectivity index (χ3n) is 3.82. The van der Waals surface area contributed by atoms with Crippen LogP contribution in [0, 0.1) is 5.41 Å². The van der Waals surface area contributed by atoms with E-state index in [1.165, 1.54) is 6.07 Å². The van der Waals surface area contributed by atoms with E-state index < -0.39 is 23.3 Å². The summed E-state index contributed by atoms with van der Waals surface area (Å²) in [5.41, 5.74) is -1.73. The second-order valence-electron chi connectivity index (χ2n) is 5.39. The van der Waals surface area contributed by atoms with Crippen LogP contribution in [-0.2, 0) is 6.18 Å². The molecule has 116 valence electrons. The van der Waals surface area contributed by atoms with Gasteiger partial charge in [0, 0.05) is 18.8 Å². The minimum Gasteiger partial charge on any atom is -0.478 e. The van der Waals surface area contributed by atoms with Crippen molar-refractivity contribution >= 4 is 11.7 Å². The maximum Gasteiger partial charge on any atom is 0.417 e. The first-order valence-electron chi connectivity index (χ1n) is 6.57. The summed E-state index contributed by atoms with van der Waals surface area (Å²) in [5, 5.41) is 20.7. The highest BCUT2D eigenvalue weighted by Gasteiger charge is 2.41. The van der Waals surface area contributed by atoms with Crippen LogP contribution in [-0.4, -0.2) is 29.3 Å². The summed E-state index contributed by atoms with van der Waals surface area (Å²) in [7, 11) is 0. The van der Waals surface area contributed by atoms with E-state index in [0.717, 1.165) is 25.0 Å². The van der Waals surface area contributed by atoms with Crippen LogP contribution in [0.3, 0.4) is 0 Å². The zero-order chi connectivity index (χ0) is 15.7. The summed E-state index contributed by atoms with van der Waals surface area (Å²) in [4.78, 5) is 10.8. The van der Waals surface area contributed by atoms with Gasteiger partial charge in [0.05, 0.1) is 11.1 Å². The minimum atomic E-state index is -4.71. The molecule has 4 nitrogen and oxygen atoms in total. The maximum atomic E-state index is 12.9. The molecule has 0 radical (unpaired) electrons. The van der Waals surface area contributed by atoms with Gasteiger partial charge in [0.2, 0.25) is 0 Å². The Labute approximate surface area is 119 Å². The Hall–Kier alpha value is -1.76. The fourth-order valence-corrected chi connectivity index (χ4v) is 2.29. The number of anilines is 1. The van der Waals surface area contributed by atoms with Crippen LogP contribution in [0.1, 0.15) is 35.2 Å². The molecule has 0 aromatic heterocycles. The summed E-state index contributed by atoms with van der Waals surface area (Å²) < 4.78 is 38.6. The molecule has 1 aliphatic carbocycles. The van der Waals surface area contributed by atoms with Crippen molar-refractivity contribution in [2.24, 2.45) is 5.41 Å². The standard InChI is InChI=1S/C14H16F3NO3/c15-14(16,17)11-7-9(1-2-10(11)12(20)21)18-8-13(3-4-13)5-6-19/h1-2,7,18-19H,3-6,8H2,(H,20,21). The molecule has 21 heavy (non-hydrogen) atoms. The minimum absolute atomic E-state index is 0.0430. The van der Waals surface area contributed by atoms with E-state index in [1.807, 2.05) is 0 Å². The van der Waals surface area contributed by atoms with Crippen LogP contribution < -0.4 is 5.32 Å². The van der Waals surface area contributed by atoms with Crippen LogP contribution in [0.15, 0.2) is 18.2 Å². The van der Waals surface area contributed by atoms with E-state index in [0.29, 0.717) is 13.0 Å². The van der Waals surface area contributed by atoms with Crippen molar-refractivity contribution < 1.29 is 28.2 Å². The third-order valence-corrected chi connectivity index (χ3v) is 3.82. The maximum absolute atomic E-state index is 12.9. The Morgan fingerprint density at radius 3 is 2.48 bits per heavy atom. The summed E-state index contributed by atoms with van der Waals surface area (Å²) in [5.74, 6) is -1.60. The molecule has 0 unspecified atom stereocenters. The molecule has 0 saturated heterocycles. The first-order valence-corrected chi connectivity index (χ1v) is 6.57. The molecule has 0 heterocycles. The normalized spacial score (nSPS) is 16.6. The molecule has 0 bridgehead atoms. The third kappa shape index (κ3) is 3.66. The van der Waals surface area contributed by atoms with E-state index in [4.69, 9.17) is 10.2 Å². The number of halogens is 3. The number of hydrogen-bond acceptors (Lipinski definition) is 3. The van der Waals surface area contributed by atoms with Gasteiger partial charge in [0.1, 0.15) is 0 Å². The number of rotatable bonds is 6. The lowest BCUT2D eigenvalue weighted by Gasteiger charge is -2.17. The Morgan fingerprint density at radius 1 is 1.33 bits per heavy atom. The number of aliphatic hydroxyl groups is 1. The van der Waals surface area contributed by atoms with Gasteiger partial charge in [0.25, 0.3) is 0 Å². The zero-order valence-corrected chi connectivity index (χ0v) is 11.2. The molecule has 1 fully saturated rings. The fourth-order valence-electron chi connectivity index (χ4n) is 2.29. The lowest BCUT2D eigenvalue weighted by molar-refractivity contribution is -0.138. The average Bonchev–Trinajstić information content (AvgIpc) is 3.16. The number of aliphatic hydroxyl groups excluding tert-OH is 1. The van der Waals surface area contributed by atoms with Crippen molar-refractivity contribution in [3.05, 3.63) is 29.3 Å². The van der Waals surface area contributed by atoms with Crippen molar-refractivity contribution in [3.8, 4) is 0 Å². The quantitative estimate of drug-likeness (QED) is 0.755. The Balaban J connectivity index is 2.16. The lowest BCUT2D eigenvalue weighted by atomic mass is 10.0. The molecule has 7 heteroatoms. The van der Waals surface area contributed by atoms with Gasteiger partial charge in [-0.1, -0.05) is 0 Å². The lowest BCUT2D eigenvalue weighted by Crippen LogP contribution is -2.18. The Morgan fingerprint density at radius 2 is 2.00 bits per heavy atom. The van der Waals surface area contributed by atoms with Gasteiger partial charge >= 0.3 is 12.1 Å². The topological polar surface area (TPSA) is 69.6 Å². The summed E-state index contributed by atoms with van der Waals surface area (Å²) >= 11 is 0. The van der Waals surface area contributed by atoms with Crippen molar-refractivity contribution in [3.63, 3.8) is 0 Å². The Kier molecular flexibility index (Phi) is 4.13. The fraction of sp³-hybridized carbons (Fsp3) is 0.500. The molecule has 1 aliphatic rings. The largest absolute Gasteiger partial charge is 0.478 e. The molecular formula is C14H16F3NO3. The van der Waals surface area contributed by atoms with Gasteiger partial charge in [0.15, 0.2) is 0 Å². The molecule has 0 spiro atoms. The number of nitrogens with one attached hydrogen (secondary N) is 1. The number of carbonyl (C=O) groups is 1. The molecule has 0 aliphatic heterocycles. The van der Waals surface area contributed by atoms with E-state index in [1.54, 1.807) is 0 Å². The van der Waals surface area contributed by atoms with Crippen molar-refractivity contribution in [2.75, 3.05) is 18.5 Å². The van der Waals surface area contributed by atoms with Crippen LogP contribution in [0.2, 0.25) is 0 Å². The first kappa shape index (κ1) is 15.6. The molecule has 1 saturated carbocycles. The molecule has 3 N–H and O–H groups in total. The predicted molar refractivity (Wildman–Crippen MR) is 70.3 cm³/mol. The van der Waals surface area contributed by atoms with Gasteiger partial charge in [-0.05, 0) is 42.9 Å². The van der Waals surface area contributed by atoms with Crippen molar-refractivity contribution in [1.82, 2.24) is 0 Å². The van der Waals surface area contributed by atoms with Crippen LogP contribution in [0.25, 0.3) is 0 Å². The molecule has 0 atom stereocenters. The number of alkyl halides is 3. The van der Waals surface area contributed by atoms with Gasteiger partial charge in [-0.2, -0.15) is 13.2 Å². The second kappa shape index (κ2) is 5.55. The molecule has 2 rings (SSSR count). The van der Waals surface area contributed by atoms with Crippen LogP contribution in [0.4, 0.5) is 18.9 Å². The predicted octanol–water partition coefficient (Wildman–Crippen LogP) is 2.98. The van der Waals surface area contributed by atoms with Crippen molar-refractivity contribution in [2.45, 2.75) is 25.4 Å². The molecule has 1 aromatic rings. The van der Waals surface area contributed by atoms with Crippen molar-refractivity contribution in [1.29, 1.82) is 0 Å². The monoisotopic (exact) mass is 303 g/mol. The van der Waals surface area contributed by atoms with E-state index in [-0.39, 0.29) is 17.7 Å². The zero-order valence-electron chi connectivity index (χ0n) is 11.2. The number of benzene rings is 1. The van der Waals surface area contributed by atoms with E-state index in [2.05, 4.69) is 5.32 Å². The van der Waals surface area contributed by atoms with Gasteiger partial charge in [-0.15, -0.1) is 0 Å². The van der Waals surface area contributed by atoms with Gasteiger partial charge in [-0.25, -0.2) is 4.79 Å². The first-order chi connectivity index (χ1) is 9.77. The van der Waals surface area contributed by atoms with E-state index >= 15 is 0 Å². The van der Waals surface area contributed by atoms with Gasteiger partial charge < -0.3 is 15.5 Å². The van der Waals surface area contributed by atoms with E-state index in [9.17, 15) is 18.0 Å². The number of aromatic carboxylic acids is 1. The Bertz CT molecular complexity index is 539. The van der Waals surface area contributed by atoms with Gasteiger partial charge in [-0.3, -0.25) is 0 Å². The highest BCUT2D eigenvalue weighted by molar-refractivity contribution is 5.90. The average molecular weight is 303 g/mol. The smallest absolute Gasteiger partial charge is 0.417 e. The molecule has 1 aromatic carbocycles. The summed E-state index contributed by atoms with van der Waals surface area (Å²) in [6.07, 6.45) is -2.24. The molecular weight excluding hydrogens is 287 g/mol. The highest BCUT2D eigenvalue weighted by Crippen LogP contribution is 2.48. The summed E-state index contributed by atoms with van der Waals surface area (Å²) in [6.45, 7) is 0.519. The SMILES string of the molecule is O=C(O)c1ccc(NCC2(CCO)CC2)cc1C(F)(F)F. The number of hydrogen-bond donors (Lipinski definition) is 3. The number of carboxylic acids is 1. The van der Waals surface area contributed by atoms with Crippen LogP contribution in [0.5, 0.6) is 0 Å². The second-order valence-corrected chi connectivity index (χ2v) is 5.39.